The van der Waals surface area contributed by atoms with Crippen LogP contribution in [0.1, 0.15) is 65.0 Å². The van der Waals surface area contributed by atoms with Gasteiger partial charge in [0.15, 0.2) is 5.69 Å². The molecule has 0 N–H and O–H groups in total. The van der Waals surface area contributed by atoms with E-state index in [-0.39, 0.29) is 11.9 Å². The number of amides is 1. The molecule has 4 heteroatoms. The van der Waals surface area contributed by atoms with Crippen LogP contribution in [0.25, 0.3) is 0 Å². The fourth-order valence-corrected chi connectivity index (χ4v) is 3.39. The first kappa shape index (κ1) is 13.6. The Morgan fingerprint density at radius 2 is 2.09 bits per heavy atom. The van der Waals surface area contributed by atoms with Crippen molar-refractivity contribution < 1.29 is 9.32 Å². The van der Waals surface area contributed by atoms with Crippen LogP contribution in [0.4, 0.5) is 0 Å². The number of aromatic nitrogens is 1. The lowest BCUT2D eigenvalue weighted by Crippen LogP contribution is -2.31. The second-order valence-electron chi connectivity index (χ2n) is 6.40. The van der Waals surface area contributed by atoms with Gasteiger partial charge in [-0.15, -0.1) is 0 Å². The highest BCUT2D eigenvalue weighted by Gasteiger charge is 2.34. The van der Waals surface area contributed by atoms with E-state index in [9.17, 15) is 4.79 Å². The molecular weight excluding hydrogens is 276 g/mol. The first-order valence-electron chi connectivity index (χ1n) is 8.07. The molecule has 0 spiro atoms. The third-order valence-electron chi connectivity index (χ3n) is 4.79. The summed E-state index contributed by atoms with van der Waals surface area (Å²) in [5.41, 5.74) is 2.95. The Bertz CT molecular complexity index is 703. The summed E-state index contributed by atoms with van der Waals surface area (Å²) in [6.45, 7) is 2.90. The van der Waals surface area contributed by atoms with Crippen LogP contribution in [0.2, 0.25) is 0 Å². The zero-order valence-electron chi connectivity index (χ0n) is 12.8. The molecule has 1 saturated carbocycles. The maximum atomic E-state index is 12.8. The minimum atomic E-state index is 0.00130. The van der Waals surface area contributed by atoms with Gasteiger partial charge in [0.2, 0.25) is 0 Å². The normalized spacial score (nSPS) is 21.3. The number of rotatable bonds is 3. The molecule has 1 aromatic heterocycles. The molecule has 0 unspecified atom stereocenters. The maximum Gasteiger partial charge on any atom is 0.276 e. The van der Waals surface area contributed by atoms with Crippen molar-refractivity contribution >= 4 is 5.91 Å². The molecule has 1 aliphatic carbocycles. The summed E-state index contributed by atoms with van der Waals surface area (Å²) >= 11 is 0. The summed E-state index contributed by atoms with van der Waals surface area (Å²) in [6, 6.07) is 10.3. The van der Waals surface area contributed by atoms with Gasteiger partial charge >= 0.3 is 0 Å². The maximum absolute atomic E-state index is 12.8. The van der Waals surface area contributed by atoms with Gasteiger partial charge in [0.05, 0.1) is 6.04 Å². The van der Waals surface area contributed by atoms with Crippen molar-refractivity contribution in [2.45, 2.75) is 44.6 Å². The van der Waals surface area contributed by atoms with Gasteiger partial charge in [0.1, 0.15) is 5.76 Å². The van der Waals surface area contributed by atoms with Crippen LogP contribution in [0.15, 0.2) is 34.9 Å². The molecule has 2 heterocycles. The Labute approximate surface area is 130 Å². The number of carbonyl (C=O) groups is 1. The molecule has 114 valence electrons. The van der Waals surface area contributed by atoms with Crippen LogP contribution < -0.4 is 0 Å². The van der Waals surface area contributed by atoms with E-state index in [2.05, 4.69) is 24.2 Å². The van der Waals surface area contributed by atoms with Crippen molar-refractivity contribution in [2.75, 3.05) is 6.54 Å². The summed E-state index contributed by atoms with van der Waals surface area (Å²) < 4.78 is 5.34. The van der Waals surface area contributed by atoms with E-state index in [0.717, 1.165) is 38.0 Å². The van der Waals surface area contributed by atoms with E-state index in [0.29, 0.717) is 11.6 Å². The van der Waals surface area contributed by atoms with Crippen molar-refractivity contribution in [1.29, 1.82) is 0 Å². The van der Waals surface area contributed by atoms with Gasteiger partial charge in [-0.1, -0.05) is 29.4 Å². The predicted octanol–water partition coefficient (Wildman–Crippen LogP) is 3.84. The van der Waals surface area contributed by atoms with E-state index in [1.54, 1.807) is 0 Å². The lowest BCUT2D eigenvalue weighted by Gasteiger charge is -2.25. The lowest BCUT2D eigenvalue weighted by molar-refractivity contribution is 0.0724. The monoisotopic (exact) mass is 296 g/mol. The average molecular weight is 296 g/mol. The van der Waals surface area contributed by atoms with Gasteiger partial charge in [-0.05, 0) is 43.7 Å². The minimum Gasteiger partial charge on any atom is -0.360 e. The number of nitrogens with zero attached hydrogens (tertiary/aromatic N) is 2. The summed E-state index contributed by atoms with van der Waals surface area (Å²) in [7, 11) is 0. The molecule has 22 heavy (non-hydrogen) atoms. The molecule has 0 bridgehead atoms. The van der Waals surface area contributed by atoms with Gasteiger partial charge in [0, 0.05) is 18.5 Å². The Morgan fingerprint density at radius 3 is 2.86 bits per heavy atom. The van der Waals surface area contributed by atoms with E-state index < -0.39 is 0 Å². The molecule has 1 saturated heterocycles. The Morgan fingerprint density at radius 1 is 1.27 bits per heavy atom. The molecule has 2 fully saturated rings. The standard InChI is InChI=1S/C18H20N2O2/c1-12-5-2-3-6-14(12)16-7-4-10-20(16)18(21)15-11-17(22-19-15)13-8-9-13/h2-3,5-6,11,13,16H,4,7-10H2,1H3/t16-/m1/s1. The molecule has 2 aliphatic rings. The van der Waals surface area contributed by atoms with Crippen molar-refractivity contribution in [3.05, 3.63) is 52.9 Å². The molecule has 4 nitrogen and oxygen atoms in total. The van der Waals surface area contributed by atoms with Gasteiger partial charge < -0.3 is 9.42 Å². The highest BCUT2D eigenvalue weighted by atomic mass is 16.5. The van der Waals surface area contributed by atoms with Gasteiger partial charge in [-0.25, -0.2) is 0 Å². The Hall–Kier alpha value is -2.10. The predicted molar refractivity (Wildman–Crippen MR) is 82.7 cm³/mol. The van der Waals surface area contributed by atoms with Crippen molar-refractivity contribution in [1.82, 2.24) is 10.1 Å². The molecular formula is C18H20N2O2. The first-order chi connectivity index (χ1) is 10.7. The zero-order chi connectivity index (χ0) is 15.1. The van der Waals surface area contributed by atoms with Crippen LogP contribution in [0, 0.1) is 6.92 Å². The molecule has 1 atom stereocenters. The summed E-state index contributed by atoms with van der Waals surface area (Å²) in [6.07, 6.45) is 4.36. The zero-order valence-corrected chi connectivity index (χ0v) is 12.8. The number of benzene rings is 1. The number of carbonyl (C=O) groups excluding carboxylic acids is 1. The van der Waals surface area contributed by atoms with Crippen molar-refractivity contribution in [3.8, 4) is 0 Å². The van der Waals surface area contributed by atoms with E-state index in [4.69, 9.17) is 4.52 Å². The Kier molecular flexibility index (Phi) is 3.25. The summed E-state index contributed by atoms with van der Waals surface area (Å²) in [5.74, 6) is 1.36. The smallest absolute Gasteiger partial charge is 0.276 e. The van der Waals surface area contributed by atoms with Crippen LogP contribution in [-0.2, 0) is 0 Å². The molecule has 1 aromatic carbocycles. The number of likely N-dealkylation sites (tertiary alicyclic amines) is 1. The van der Waals surface area contributed by atoms with Crippen molar-refractivity contribution in [3.63, 3.8) is 0 Å². The molecule has 1 amide bonds. The third-order valence-corrected chi connectivity index (χ3v) is 4.79. The van der Waals surface area contributed by atoms with Gasteiger partial charge in [-0.2, -0.15) is 0 Å². The largest absolute Gasteiger partial charge is 0.360 e. The second-order valence-corrected chi connectivity index (χ2v) is 6.40. The SMILES string of the molecule is Cc1ccccc1[C@H]1CCCN1C(=O)c1cc(C2CC2)on1. The van der Waals surface area contributed by atoms with Crippen LogP contribution in [0.3, 0.4) is 0 Å². The summed E-state index contributed by atoms with van der Waals surface area (Å²) in [5, 5.41) is 4.01. The minimum absolute atomic E-state index is 0.00130. The molecule has 1 aliphatic heterocycles. The third kappa shape index (κ3) is 2.32. The fraction of sp³-hybridized carbons (Fsp3) is 0.444. The lowest BCUT2D eigenvalue weighted by atomic mass is 9.99. The number of hydrogen-bond acceptors (Lipinski definition) is 3. The van der Waals surface area contributed by atoms with Gasteiger partial charge in [0.25, 0.3) is 5.91 Å². The van der Waals surface area contributed by atoms with Crippen LogP contribution in [-0.4, -0.2) is 22.5 Å². The molecule has 2 aromatic rings. The highest BCUT2D eigenvalue weighted by Crippen LogP contribution is 2.41. The second kappa shape index (κ2) is 5.27. The topological polar surface area (TPSA) is 46.3 Å². The van der Waals surface area contributed by atoms with Crippen LogP contribution in [0.5, 0.6) is 0 Å². The number of hydrogen-bond donors (Lipinski definition) is 0. The Balaban J connectivity index is 1.59. The first-order valence-corrected chi connectivity index (χ1v) is 8.07. The molecule has 4 rings (SSSR count). The van der Waals surface area contributed by atoms with E-state index in [1.807, 2.05) is 23.1 Å². The summed E-state index contributed by atoms with van der Waals surface area (Å²) in [4.78, 5) is 14.8. The average Bonchev–Trinajstić information content (AvgIpc) is 3.08. The van der Waals surface area contributed by atoms with Crippen molar-refractivity contribution in [2.24, 2.45) is 0 Å². The fourth-order valence-electron chi connectivity index (χ4n) is 3.39. The van der Waals surface area contributed by atoms with Crippen LogP contribution >= 0.6 is 0 Å². The highest BCUT2D eigenvalue weighted by molar-refractivity contribution is 5.92. The number of aryl methyl sites for hydroxylation is 1. The van der Waals surface area contributed by atoms with Gasteiger partial charge in [-0.3, -0.25) is 4.79 Å². The quantitative estimate of drug-likeness (QED) is 0.864. The molecule has 0 radical (unpaired) electrons. The van der Waals surface area contributed by atoms with E-state index in [1.165, 1.54) is 11.1 Å². The van der Waals surface area contributed by atoms with E-state index >= 15 is 0 Å².